The summed E-state index contributed by atoms with van der Waals surface area (Å²) < 4.78 is 0. The van der Waals surface area contributed by atoms with Crippen LogP contribution in [0.5, 0.6) is 0 Å². The molecule has 1 amide bonds. The molecule has 0 aliphatic rings. The van der Waals surface area contributed by atoms with Crippen molar-refractivity contribution in [1.29, 1.82) is 0 Å². The van der Waals surface area contributed by atoms with Gasteiger partial charge in [-0.2, -0.15) is 0 Å². The summed E-state index contributed by atoms with van der Waals surface area (Å²) in [5.41, 5.74) is 1.46. The molecular formula is C14H17N3O2S. The van der Waals surface area contributed by atoms with Gasteiger partial charge in [-0.15, -0.1) is 11.3 Å². The molecule has 2 aromatic rings. The van der Waals surface area contributed by atoms with Crippen LogP contribution < -0.4 is 10.6 Å². The van der Waals surface area contributed by atoms with Gasteiger partial charge < -0.3 is 15.7 Å². The van der Waals surface area contributed by atoms with Gasteiger partial charge in [0.05, 0.1) is 18.2 Å². The van der Waals surface area contributed by atoms with Crippen LogP contribution in [0.15, 0.2) is 30.5 Å². The van der Waals surface area contributed by atoms with E-state index in [1.807, 2.05) is 25.3 Å². The Hall–Kier alpha value is -1.92. The first-order chi connectivity index (χ1) is 9.69. The summed E-state index contributed by atoms with van der Waals surface area (Å²) in [5.74, 6) is -0.184. The number of aromatic nitrogens is 1. The first kappa shape index (κ1) is 14.5. The largest absolute Gasteiger partial charge is 0.395 e. The summed E-state index contributed by atoms with van der Waals surface area (Å²) in [6, 6.07) is 7.28. The number of nitrogens with one attached hydrogen (secondary N) is 2. The van der Waals surface area contributed by atoms with Gasteiger partial charge in [0.1, 0.15) is 0 Å². The maximum Gasteiger partial charge on any atom is 0.251 e. The van der Waals surface area contributed by atoms with Gasteiger partial charge in [-0.05, 0) is 25.1 Å². The number of carbonyl (C=O) groups excluding carboxylic acids is 1. The first-order valence-electron chi connectivity index (χ1n) is 6.33. The van der Waals surface area contributed by atoms with Crippen molar-refractivity contribution in [1.82, 2.24) is 10.3 Å². The number of hydrogen-bond donors (Lipinski definition) is 3. The maximum atomic E-state index is 11.8. The van der Waals surface area contributed by atoms with E-state index in [2.05, 4.69) is 15.6 Å². The van der Waals surface area contributed by atoms with E-state index < -0.39 is 0 Å². The van der Waals surface area contributed by atoms with Crippen LogP contribution in [-0.2, 0) is 6.54 Å². The lowest BCUT2D eigenvalue weighted by Crippen LogP contribution is -2.26. The second-order valence-corrected chi connectivity index (χ2v) is 5.58. The molecule has 0 bridgehead atoms. The fraction of sp³-hybridized carbons (Fsp3) is 0.286. The average Bonchev–Trinajstić information content (AvgIpc) is 2.88. The second kappa shape index (κ2) is 7.02. The van der Waals surface area contributed by atoms with Crippen LogP contribution in [0.2, 0.25) is 0 Å². The molecule has 3 N–H and O–H groups in total. The van der Waals surface area contributed by atoms with E-state index >= 15 is 0 Å². The third-order valence-corrected chi connectivity index (χ3v) is 3.57. The molecule has 106 valence electrons. The number of rotatable bonds is 6. The Morgan fingerprint density at radius 1 is 1.45 bits per heavy atom. The van der Waals surface area contributed by atoms with Crippen LogP contribution in [0.25, 0.3) is 0 Å². The van der Waals surface area contributed by atoms with Gasteiger partial charge in [-0.1, -0.05) is 6.07 Å². The van der Waals surface area contributed by atoms with E-state index in [0.717, 1.165) is 15.6 Å². The third kappa shape index (κ3) is 4.04. The average molecular weight is 291 g/mol. The number of aryl methyl sites for hydroxylation is 1. The molecule has 1 aromatic carbocycles. The number of aliphatic hydroxyl groups excluding tert-OH is 1. The Kier molecular flexibility index (Phi) is 5.09. The number of aliphatic hydroxyl groups is 1. The molecule has 0 aliphatic heterocycles. The van der Waals surface area contributed by atoms with Crippen molar-refractivity contribution < 1.29 is 9.90 Å². The summed E-state index contributed by atoms with van der Waals surface area (Å²) >= 11 is 1.65. The first-order valence-corrected chi connectivity index (χ1v) is 7.15. The van der Waals surface area contributed by atoms with Crippen molar-refractivity contribution in [2.45, 2.75) is 13.5 Å². The molecule has 1 aromatic heterocycles. The van der Waals surface area contributed by atoms with Crippen molar-refractivity contribution in [3.8, 4) is 0 Å². The minimum Gasteiger partial charge on any atom is -0.395 e. The zero-order chi connectivity index (χ0) is 14.4. The third-order valence-electron chi connectivity index (χ3n) is 2.66. The van der Waals surface area contributed by atoms with Gasteiger partial charge >= 0.3 is 0 Å². The summed E-state index contributed by atoms with van der Waals surface area (Å²) in [6.07, 6.45) is 1.85. The van der Waals surface area contributed by atoms with Crippen molar-refractivity contribution in [2.75, 3.05) is 18.5 Å². The fourth-order valence-electron chi connectivity index (χ4n) is 1.72. The normalized spacial score (nSPS) is 10.3. The highest BCUT2D eigenvalue weighted by Crippen LogP contribution is 2.15. The molecule has 0 aliphatic carbocycles. The van der Waals surface area contributed by atoms with Crippen LogP contribution in [0.4, 0.5) is 5.69 Å². The maximum absolute atomic E-state index is 11.8. The lowest BCUT2D eigenvalue weighted by molar-refractivity contribution is 0.0945. The number of amides is 1. The van der Waals surface area contributed by atoms with E-state index in [-0.39, 0.29) is 19.1 Å². The van der Waals surface area contributed by atoms with Crippen LogP contribution >= 0.6 is 11.3 Å². The number of thiazole rings is 1. The topological polar surface area (TPSA) is 74.2 Å². The van der Waals surface area contributed by atoms with Gasteiger partial charge in [0.15, 0.2) is 0 Å². The molecule has 0 spiro atoms. The van der Waals surface area contributed by atoms with E-state index in [4.69, 9.17) is 5.11 Å². The van der Waals surface area contributed by atoms with Crippen molar-refractivity contribution in [2.24, 2.45) is 0 Å². The van der Waals surface area contributed by atoms with Gasteiger partial charge in [0, 0.05) is 28.9 Å². The molecule has 0 radical (unpaired) electrons. The lowest BCUT2D eigenvalue weighted by Gasteiger charge is -2.07. The van der Waals surface area contributed by atoms with Crippen LogP contribution in [0, 0.1) is 6.92 Å². The number of hydrogen-bond acceptors (Lipinski definition) is 5. The molecule has 0 unspecified atom stereocenters. The quantitative estimate of drug-likeness (QED) is 0.758. The fourth-order valence-corrected chi connectivity index (χ4v) is 2.45. The van der Waals surface area contributed by atoms with Gasteiger partial charge in [0.25, 0.3) is 5.91 Å². The summed E-state index contributed by atoms with van der Waals surface area (Å²) in [4.78, 5) is 17.1. The number of benzene rings is 1. The molecule has 0 atom stereocenters. The molecule has 20 heavy (non-hydrogen) atoms. The monoisotopic (exact) mass is 291 g/mol. The molecule has 5 nitrogen and oxygen atoms in total. The summed E-state index contributed by atoms with van der Waals surface area (Å²) in [6.45, 7) is 2.86. The predicted octanol–water partition coefficient (Wildman–Crippen LogP) is 1.79. The predicted molar refractivity (Wildman–Crippen MR) is 80.0 cm³/mol. The number of carbonyl (C=O) groups is 1. The second-order valence-electron chi connectivity index (χ2n) is 4.26. The van der Waals surface area contributed by atoms with E-state index in [0.29, 0.717) is 12.1 Å². The lowest BCUT2D eigenvalue weighted by atomic mass is 10.2. The van der Waals surface area contributed by atoms with E-state index in [1.54, 1.807) is 23.5 Å². The van der Waals surface area contributed by atoms with Crippen molar-refractivity contribution in [3.63, 3.8) is 0 Å². The minimum atomic E-state index is -0.184. The molecule has 0 saturated carbocycles. The molecule has 2 rings (SSSR count). The van der Waals surface area contributed by atoms with Crippen LogP contribution in [0.1, 0.15) is 20.2 Å². The van der Waals surface area contributed by atoms with E-state index in [1.165, 1.54) is 0 Å². The standard InChI is InChI=1S/C14H17N3O2S/c1-10-16-8-13(20-10)9-17-12-4-2-3-11(7-12)14(19)15-5-6-18/h2-4,7-8,17-18H,5-6,9H2,1H3,(H,15,19). The summed E-state index contributed by atoms with van der Waals surface area (Å²) in [7, 11) is 0. The van der Waals surface area contributed by atoms with Crippen molar-refractivity contribution in [3.05, 3.63) is 45.9 Å². The highest BCUT2D eigenvalue weighted by Gasteiger charge is 2.05. The molecule has 6 heteroatoms. The van der Waals surface area contributed by atoms with Crippen molar-refractivity contribution >= 4 is 22.9 Å². The summed E-state index contributed by atoms with van der Waals surface area (Å²) in [5, 5.41) is 15.6. The van der Waals surface area contributed by atoms with Crippen LogP contribution in [0.3, 0.4) is 0 Å². The molecule has 1 heterocycles. The molecule has 0 fully saturated rings. The Balaban J connectivity index is 1.97. The van der Waals surface area contributed by atoms with Gasteiger partial charge in [-0.25, -0.2) is 4.98 Å². The SMILES string of the molecule is Cc1ncc(CNc2cccc(C(=O)NCCO)c2)s1. The Morgan fingerprint density at radius 2 is 2.30 bits per heavy atom. The molecular weight excluding hydrogens is 274 g/mol. The number of nitrogens with zero attached hydrogens (tertiary/aromatic N) is 1. The number of anilines is 1. The Labute approximate surface area is 121 Å². The molecule has 0 saturated heterocycles. The van der Waals surface area contributed by atoms with Crippen LogP contribution in [-0.4, -0.2) is 29.1 Å². The smallest absolute Gasteiger partial charge is 0.251 e. The zero-order valence-corrected chi connectivity index (χ0v) is 12.0. The Morgan fingerprint density at radius 3 is 3.00 bits per heavy atom. The van der Waals surface area contributed by atoms with E-state index in [9.17, 15) is 4.79 Å². The Bertz CT molecular complexity index is 583. The highest BCUT2D eigenvalue weighted by atomic mass is 32.1. The minimum absolute atomic E-state index is 0.0611. The zero-order valence-electron chi connectivity index (χ0n) is 11.2. The van der Waals surface area contributed by atoms with Gasteiger partial charge in [0.2, 0.25) is 0 Å². The highest BCUT2D eigenvalue weighted by molar-refractivity contribution is 7.11. The van der Waals surface area contributed by atoms with Gasteiger partial charge in [-0.3, -0.25) is 4.79 Å².